The Kier molecular flexibility index (Phi) is 7.99. The molecule has 0 aliphatic heterocycles. The SMILES string of the molecule is COc1ccc(SCC(=O)N(CCCN(C)C)c2nc3c(C)cc(Cl)cc3s2)cc1. The zero-order chi connectivity index (χ0) is 21.7. The van der Waals surface area contributed by atoms with E-state index >= 15 is 0 Å². The van der Waals surface area contributed by atoms with Crippen LogP contribution in [0.4, 0.5) is 5.13 Å². The number of aryl methyl sites for hydroxylation is 1. The predicted molar refractivity (Wildman–Crippen MR) is 129 cm³/mol. The van der Waals surface area contributed by atoms with Gasteiger partial charge in [-0.3, -0.25) is 9.69 Å². The summed E-state index contributed by atoms with van der Waals surface area (Å²) in [5, 5.41) is 1.42. The second-order valence-electron chi connectivity index (χ2n) is 7.23. The lowest BCUT2D eigenvalue weighted by molar-refractivity contribution is -0.116. The van der Waals surface area contributed by atoms with Crippen molar-refractivity contribution in [2.24, 2.45) is 0 Å². The molecule has 2 aromatic carbocycles. The average Bonchev–Trinajstić information content (AvgIpc) is 3.13. The smallest absolute Gasteiger partial charge is 0.239 e. The van der Waals surface area contributed by atoms with Crippen LogP contribution in [0.5, 0.6) is 5.75 Å². The maximum Gasteiger partial charge on any atom is 0.239 e. The first kappa shape index (κ1) is 22.9. The number of amides is 1. The number of hydrogen-bond acceptors (Lipinski definition) is 6. The molecule has 3 aromatic rings. The number of nitrogens with zero attached hydrogens (tertiary/aromatic N) is 3. The van der Waals surface area contributed by atoms with Crippen molar-refractivity contribution in [1.29, 1.82) is 0 Å². The minimum Gasteiger partial charge on any atom is -0.497 e. The van der Waals surface area contributed by atoms with Crippen LogP contribution in [0.15, 0.2) is 41.3 Å². The standard InChI is InChI=1S/C22H26ClN3O2S2/c1-15-12-16(23)13-19-21(15)24-22(30-19)26(11-5-10-25(2)3)20(27)14-29-18-8-6-17(28-4)7-9-18/h6-9,12-13H,5,10-11,14H2,1-4H3. The third-order valence-electron chi connectivity index (χ3n) is 4.58. The highest BCUT2D eigenvalue weighted by Crippen LogP contribution is 2.33. The Bertz CT molecular complexity index is 1010. The second-order valence-corrected chi connectivity index (χ2v) is 9.73. The van der Waals surface area contributed by atoms with Crippen LogP contribution in [0.25, 0.3) is 10.2 Å². The fraction of sp³-hybridized carbons (Fsp3) is 0.364. The molecule has 1 aromatic heterocycles. The first-order valence-corrected chi connectivity index (χ1v) is 11.8. The molecular weight excluding hydrogens is 438 g/mol. The number of aromatic nitrogens is 1. The molecule has 0 aliphatic carbocycles. The summed E-state index contributed by atoms with van der Waals surface area (Å²) in [6.45, 7) is 3.54. The number of thioether (sulfide) groups is 1. The van der Waals surface area contributed by atoms with E-state index in [9.17, 15) is 4.79 Å². The molecule has 0 unspecified atom stereocenters. The molecule has 1 heterocycles. The molecule has 0 fully saturated rings. The number of carbonyl (C=O) groups is 1. The summed E-state index contributed by atoms with van der Waals surface area (Å²) in [4.78, 5) is 22.9. The summed E-state index contributed by atoms with van der Waals surface area (Å²) in [5.74, 6) is 1.21. The maximum atomic E-state index is 13.2. The van der Waals surface area contributed by atoms with Crippen LogP contribution in [-0.2, 0) is 4.79 Å². The highest BCUT2D eigenvalue weighted by Gasteiger charge is 2.20. The van der Waals surface area contributed by atoms with Crippen molar-refractivity contribution in [2.75, 3.05) is 44.9 Å². The predicted octanol–water partition coefficient (Wildman–Crippen LogP) is 5.34. The van der Waals surface area contributed by atoms with Gasteiger partial charge in [0.1, 0.15) is 5.75 Å². The van der Waals surface area contributed by atoms with Crippen molar-refractivity contribution < 1.29 is 9.53 Å². The van der Waals surface area contributed by atoms with Crippen molar-refractivity contribution in [1.82, 2.24) is 9.88 Å². The molecule has 0 saturated heterocycles. The zero-order valence-corrected chi connectivity index (χ0v) is 20.0. The lowest BCUT2D eigenvalue weighted by Gasteiger charge is -2.21. The van der Waals surface area contributed by atoms with E-state index in [1.54, 1.807) is 7.11 Å². The van der Waals surface area contributed by atoms with Gasteiger partial charge in [0.2, 0.25) is 5.91 Å². The largest absolute Gasteiger partial charge is 0.497 e. The molecule has 0 saturated carbocycles. The molecule has 0 N–H and O–H groups in total. The molecule has 0 spiro atoms. The van der Waals surface area contributed by atoms with Crippen molar-refractivity contribution in [3.8, 4) is 5.75 Å². The van der Waals surface area contributed by atoms with E-state index in [0.29, 0.717) is 17.3 Å². The normalized spacial score (nSPS) is 11.3. The molecule has 3 rings (SSSR count). The van der Waals surface area contributed by atoms with E-state index < -0.39 is 0 Å². The summed E-state index contributed by atoms with van der Waals surface area (Å²) in [5.41, 5.74) is 1.93. The van der Waals surface area contributed by atoms with Crippen molar-refractivity contribution in [3.05, 3.63) is 47.0 Å². The Hall–Kier alpha value is -1.80. The fourth-order valence-corrected chi connectivity index (χ4v) is 5.26. The third kappa shape index (κ3) is 5.88. The number of fused-ring (bicyclic) bond motifs is 1. The number of thiazole rings is 1. The van der Waals surface area contributed by atoms with Crippen LogP contribution in [0.3, 0.4) is 0 Å². The maximum absolute atomic E-state index is 13.2. The molecular formula is C22H26ClN3O2S2. The summed E-state index contributed by atoms with van der Waals surface area (Å²) in [6, 6.07) is 11.6. The van der Waals surface area contributed by atoms with Crippen LogP contribution in [0.2, 0.25) is 5.02 Å². The Morgan fingerprint density at radius 3 is 2.60 bits per heavy atom. The average molecular weight is 464 g/mol. The van der Waals surface area contributed by atoms with Gasteiger partial charge >= 0.3 is 0 Å². The first-order chi connectivity index (χ1) is 14.4. The van der Waals surface area contributed by atoms with Crippen LogP contribution in [-0.4, -0.2) is 55.8 Å². The van der Waals surface area contributed by atoms with Gasteiger partial charge in [-0.25, -0.2) is 4.98 Å². The Morgan fingerprint density at radius 2 is 1.93 bits per heavy atom. The fourth-order valence-electron chi connectivity index (χ4n) is 3.03. The lowest BCUT2D eigenvalue weighted by Crippen LogP contribution is -2.34. The quantitative estimate of drug-likeness (QED) is 0.400. The molecule has 1 amide bonds. The number of methoxy groups -OCH3 is 1. The van der Waals surface area contributed by atoms with E-state index in [1.807, 2.05) is 62.3 Å². The third-order valence-corrected chi connectivity index (χ3v) is 6.82. The van der Waals surface area contributed by atoms with Gasteiger partial charge in [0.05, 0.1) is 23.1 Å². The van der Waals surface area contributed by atoms with E-state index in [4.69, 9.17) is 21.3 Å². The highest BCUT2D eigenvalue weighted by atomic mass is 35.5. The number of anilines is 1. The Balaban J connectivity index is 1.78. The highest BCUT2D eigenvalue weighted by molar-refractivity contribution is 8.00. The van der Waals surface area contributed by atoms with E-state index in [2.05, 4.69) is 4.90 Å². The monoisotopic (exact) mass is 463 g/mol. The van der Waals surface area contributed by atoms with Gasteiger partial charge in [0.25, 0.3) is 0 Å². The van der Waals surface area contributed by atoms with Crippen LogP contribution in [0, 0.1) is 6.92 Å². The van der Waals surface area contributed by atoms with Crippen LogP contribution >= 0.6 is 34.7 Å². The Labute approximate surface area is 191 Å². The summed E-state index contributed by atoms with van der Waals surface area (Å²) < 4.78 is 6.20. The van der Waals surface area contributed by atoms with Gasteiger partial charge in [-0.05, 0) is 75.9 Å². The molecule has 30 heavy (non-hydrogen) atoms. The number of ether oxygens (including phenoxy) is 1. The minimum atomic E-state index is 0.0531. The van der Waals surface area contributed by atoms with Gasteiger partial charge in [-0.15, -0.1) is 11.8 Å². The molecule has 0 aliphatic rings. The van der Waals surface area contributed by atoms with Gasteiger partial charge in [0, 0.05) is 16.5 Å². The van der Waals surface area contributed by atoms with E-state index in [-0.39, 0.29) is 5.91 Å². The second kappa shape index (κ2) is 10.5. The van der Waals surface area contributed by atoms with Crippen molar-refractivity contribution >= 4 is 56.0 Å². The molecule has 160 valence electrons. The topological polar surface area (TPSA) is 45.7 Å². The number of carbonyl (C=O) groups excluding carboxylic acids is 1. The van der Waals surface area contributed by atoms with Gasteiger partial charge < -0.3 is 9.64 Å². The Morgan fingerprint density at radius 1 is 1.20 bits per heavy atom. The number of halogens is 1. The van der Waals surface area contributed by atoms with Crippen molar-refractivity contribution in [2.45, 2.75) is 18.2 Å². The molecule has 5 nitrogen and oxygen atoms in total. The molecule has 0 bridgehead atoms. The first-order valence-electron chi connectivity index (χ1n) is 9.66. The van der Waals surface area contributed by atoms with Gasteiger partial charge in [-0.2, -0.15) is 0 Å². The van der Waals surface area contributed by atoms with E-state index in [0.717, 1.165) is 44.5 Å². The summed E-state index contributed by atoms with van der Waals surface area (Å²) in [6.07, 6.45) is 0.877. The lowest BCUT2D eigenvalue weighted by atomic mass is 10.2. The molecule has 0 atom stereocenters. The van der Waals surface area contributed by atoms with Crippen LogP contribution < -0.4 is 9.64 Å². The zero-order valence-electron chi connectivity index (χ0n) is 17.6. The summed E-state index contributed by atoms with van der Waals surface area (Å²) in [7, 11) is 5.72. The van der Waals surface area contributed by atoms with Crippen molar-refractivity contribution in [3.63, 3.8) is 0 Å². The van der Waals surface area contributed by atoms with Crippen LogP contribution in [0.1, 0.15) is 12.0 Å². The van der Waals surface area contributed by atoms with Gasteiger partial charge in [0.15, 0.2) is 5.13 Å². The summed E-state index contributed by atoms with van der Waals surface area (Å²) >= 11 is 9.25. The van der Waals surface area contributed by atoms with E-state index in [1.165, 1.54) is 23.1 Å². The minimum absolute atomic E-state index is 0.0531. The number of hydrogen-bond donors (Lipinski definition) is 0. The number of benzene rings is 2. The van der Waals surface area contributed by atoms with Gasteiger partial charge in [-0.1, -0.05) is 22.9 Å². The molecule has 8 heteroatoms. The molecule has 0 radical (unpaired) electrons. The number of rotatable bonds is 9.